The molecule has 0 N–H and O–H groups in total. The summed E-state index contributed by atoms with van der Waals surface area (Å²) in [6.45, 7) is 4.12. The first-order valence-electron chi connectivity index (χ1n) is 8.63. The van der Waals surface area contributed by atoms with Crippen molar-refractivity contribution in [1.29, 1.82) is 0 Å². The lowest BCUT2D eigenvalue weighted by molar-refractivity contribution is -0.133. The molecule has 1 aromatic rings. The van der Waals surface area contributed by atoms with Crippen molar-refractivity contribution in [3.63, 3.8) is 0 Å². The van der Waals surface area contributed by atoms with Crippen molar-refractivity contribution >= 4 is 15.9 Å². The number of benzene rings is 1. The first-order valence-corrected chi connectivity index (χ1v) is 10.1. The summed E-state index contributed by atoms with van der Waals surface area (Å²) in [5.41, 5.74) is 0. The number of nitrogens with zero attached hydrogens (tertiary/aromatic N) is 3. The van der Waals surface area contributed by atoms with Gasteiger partial charge < -0.3 is 4.90 Å². The van der Waals surface area contributed by atoms with E-state index in [0.29, 0.717) is 37.6 Å². The fraction of sp³-hybridized carbons (Fsp3) is 0.588. The van der Waals surface area contributed by atoms with Crippen LogP contribution in [-0.2, 0) is 14.8 Å². The van der Waals surface area contributed by atoms with Crippen LogP contribution in [0, 0.1) is 0 Å². The third-order valence-electron chi connectivity index (χ3n) is 4.78. The highest BCUT2D eigenvalue weighted by atomic mass is 32.2. The van der Waals surface area contributed by atoms with Gasteiger partial charge in [0, 0.05) is 26.2 Å². The molecule has 2 heterocycles. The third kappa shape index (κ3) is 3.96. The Morgan fingerprint density at radius 3 is 2.12 bits per heavy atom. The molecule has 1 aromatic carbocycles. The highest BCUT2D eigenvalue weighted by Crippen LogP contribution is 2.17. The molecule has 6 nitrogen and oxygen atoms in total. The van der Waals surface area contributed by atoms with E-state index in [9.17, 15) is 13.2 Å². The van der Waals surface area contributed by atoms with Gasteiger partial charge >= 0.3 is 0 Å². The van der Waals surface area contributed by atoms with Gasteiger partial charge in [-0.3, -0.25) is 9.69 Å². The molecule has 24 heavy (non-hydrogen) atoms. The van der Waals surface area contributed by atoms with E-state index >= 15 is 0 Å². The number of carbonyl (C=O) groups is 1. The normalized spacial score (nSPS) is 20.9. The van der Waals surface area contributed by atoms with Gasteiger partial charge in [0.25, 0.3) is 0 Å². The number of amides is 1. The average Bonchev–Trinajstić information content (AvgIpc) is 2.63. The van der Waals surface area contributed by atoms with Crippen LogP contribution in [0.3, 0.4) is 0 Å². The molecule has 0 aromatic heterocycles. The van der Waals surface area contributed by atoms with Crippen LogP contribution in [0.2, 0.25) is 0 Å². The Labute approximate surface area is 144 Å². The molecule has 0 spiro atoms. The molecule has 0 atom stereocenters. The number of carbonyl (C=O) groups excluding carboxylic acids is 1. The van der Waals surface area contributed by atoms with Crippen LogP contribution >= 0.6 is 0 Å². The number of sulfonamides is 1. The Balaban J connectivity index is 1.54. The molecule has 7 heteroatoms. The van der Waals surface area contributed by atoms with Crippen molar-refractivity contribution in [2.45, 2.75) is 24.2 Å². The van der Waals surface area contributed by atoms with Gasteiger partial charge in [-0.05, 0) is 38.1 Å². The van der Waals surface area contributed by atoms with Crippen molar-refractivity contribution < 1.29 is 13.2 Å². The first-order chi connectivity index (χ1) is 11.6. The van der Waals surface area contributed by atoms with E-state index in [4.69, 9.17) is 0 Å². The van der Waals surface area contributed by atoms with Gasteiger partial charge in [-0.25, -0.2) is 8.42 Å². The van der Waals surface area contributed by atoms with Gasteiger partial charge in [0.1, 0.15) is 0 Å². The summed E-state index contributed by atoms with van der Waals surface area (Å²) < 4.78 is 26.7. The maximum Gasteiger partial charge on any atom is 0.243 e. The number of likely N-dealkylation sites (tertiary alicyclic amines) is 1. The van der Waals surface area contributed by atoms with Crippen LogP contribution < -0.4 is 0 Å². The minimum absolute atomic E-state index is 0.119. The van der Waals surface area contributed by atoms with Crippen molar-refractivity contribution in [2.24, 2.45) is 0 Å². The second kappa shape index (κ2) is 7.63. The Kier molecular flexibility index (Phi) is 5.53. The molecular weight excluding hydrogens is 326 g/mol. The minimum atomic E-state index is -3.45. The summed E-state index contributed by atoms with van der Waals surface area (Å²) in [6.07, 6.45) is 3.58. The molecule has 132 valence electrons. The molecule has 0 bridgehead atoms. The van der Waals surface area contributed by atoms with Crippen molar-refractivity contribution in [3.05, 3.63) is 30.3 Å². The molecule has 2 aliphatic heterocycles. The SMILES string of the molecule is O=C(CN1CCCCC1)N1CCN(S(=O)(=O)c2ccccc2)CC1. The molecule has 2 aliphatic rings. The van der Waals surface area contributed by atoms with E-state index in [-0.39, 0.29) is 5.91 Å². The van der Waals surface area contributed by atoms with Crippen molar-refractivity contribution in [1.82, 2.24) is 14.1 Å². The van der Waals surface area contributed by atoms with Gasteiger partial charge in [0.2, 0.25) is 15.9 Å². The molecule has 0 radical (unpaired) electrons. The Morgan fingerprint density at radius 1 is 0.875 bits per heavy atom. The van der Waals surface area contributed by atoms with Crippen LogP contribution in [0.15, 0.2) is 35.2 Å². The molecule has 1 amide bonds. The van der Waals surface area contributed by atoms with Gasteiger partial charge in [-0.1, -0.05) is 24.6 Å². The average molecular weight is 351 g/mol. The zero-order valence-electron chi connectivity index (χ0n) is 13.9. The lowest BCUT2D eigenvalue weighted by Crippen LogP contribution is -2.52. The van der Waals surface area contributed by atoms with Crippen LogP contribution in [0.5, 0.6) is 0 Å². The zero-order valence-corrected chi connectivity index (χ0v) is 14.7. The molecule has 0 saturated carbocycles. The van der Waals surface area contributed by atoms with E-state index in [1.807, 2.05) is 0 Å². The highest BCUT2D eigenvalue weighted by Gasteiger charge is 2.30. The number of piperidine rings is 1. The van der Waals surface area contributed by atoms with Crippen molar-refractivity contribution in [3.8, 4) is 0 Å². The third-order valence-corrected chi connectivity index (χ3v) is 6.69. The Bertz CT molecular complexity index is 649. The summed E-state index contributed by atoms with van der Waals surface area (Å²) >= 11 is 0. The van der Waals surface area contributed by atoms with Crippen LogP contribution in [0.1, 0.15) is 19.3 Å². The van der Waals surface area contributed by atoms with E-state index in [1.165, 1.54) is 10.7 Å². The molecule has 0 unspecified atom stereocenters. The van der Waals surface area contributed by atoms with Crippen LogP contribution in [0.4, 0.5) is 0 Å². The quantitative estimate of drug-likeness (QED) is 0.812. The second-order valence-electron chi connectivity index (χ2n) is 6.43. The molecule has 2 saturated heterocycles. The molecule has 0 aliphatic carbocycles. The van der Waals surface area contributed by atoms with Crippen molar-refractivity contribution in [2.75, 3.05) is 45.8 Å². The summed E-state index contributed by atoms with van der Waals surface area (Å²) in [7, 11) is -3.45. The van der Waals surface area contributed by atoms with Gasteiger partial charge in [0.05, 0.1) is 11.4 Å². The smallest absolute Gasteiger partial charge is 0.243 e. The fourth-order valence-corrected chi connectivity index (χ4v) is 4.77. The van der Waals surface area contributed by atoms with Crippen LogP contribution in [0.25, 0.3) is 0 Å². The second-order valence-corrected chi connectivity index (χ2v) is 8.37. The molecular formula is C17H25N3O3S. The van der Waals surface area contributed by atoms with Gasteiger partial charge in [-0.2, -0.15) is 4.31 Å². The van der Waals surface area contributed by atoms with Crippen LogP contribution in [-0.4, -0.2) is 74.2 Å². The van der Waals surface area contributed by atoms with E-state index in [2.05, 4.69) is 4.90 Å². The van der Waals surface area contributed by atoms with Gasteiger partial charge in [-0.15, -0.1) is 0 Å². The zero-order chi connectivity index (χ0) is 17.0. The minimum Gasteiger partial charge on any atom is -0.339 e. The topological polar surface area (TPSA) is 60.9 Å². The monoisotopic (exact) mass is 351 g/mol. The predicted octanol–water partition coefficient (Wildman–Crippen LogP) is 1.01. The Morgan fingerprint density at radius 2 is 1.50 bits per heavy atom. The lowest BCUT2D eigenvalue weighted by Gasteiger charge is -2.35. The standard InChI is InChI=1S/C17H25N3O3S/c21-17(15-18-9-5-2-6-10-18)19-11-13-20(14-12-19)24(22,23)16-7-3-1-4-8-16/h1,3-4,7-8H,2,5-6,9-15H2. The molecule has 3 rings (SSSR count). The predicted molar refractivity (Wildman–Crippen MR) is 92.1 cm³/mol. The first kappa shape index (κ1) is 17.4. The van der Waals surface area contributed by atoms with E-state index < -0.39 is 10.0 Å². The summed E-state index contributed by atoms with van der Waals surface area (Å²) in [4.78, 5) is 16.7. The fourth-order valence-electron chi connectivity index (χ4n) is 3.33. The number of rotatable bonds is 4. The number of hydrogen-bond donors (Lipinski definition) is 0. The maximum absolute atomic E-state index is 12.6. The largest absolute Gasteiger partial charge is 0.339 e. The summed E-state index contributed by atoms with van der Waals surface area (Å²) in [5.74, 6) is 0.119. The Hall–Kier alpha value is -1.44. The number of piperazine rings is 1. The maximum atomic E-state index is 12.6. The summed E-state index contributed by atoms with van der Waals surface area (Å²) in [5, 5.41) is 0. The highest BCUT2D eigenvalue weighted by molar-refractivity contribution is 7.89. The number of hydrogen-bond acceptors (Lipinski definition) is 4. The lowest BCUT2D eigenvalue weighted by atomic mass is 10.1. The van der Waals surface area contributed by atoms with Gasteiger partial charge in [0.15, 0.2) is 0 Å². The molecule has 2 fully saturated rings. The summed E-state index contributed by atoms with van der Waals surface area (Å²) in [6, 6.07) is 8.49. The van der Waals surface area contributed by atoms with E-state index in [1.54, 1.807) is 35.2 Å². The van der Waals surface area contributed by atoms with E-state index in [0.717, 1.165) is 25.9 Å².